The van der Waals surface area contributed by atoms with E-state index in [-0.39, 0.29) is 11.9 Å². The number of hydrogen-bond acceptors (Lipinski definition) is 5. The first kappa shape index (κ1) is 24.5. The number of fused-ring (bicyclic) bond motifs is 1. The number of nitrogens with zero attached hydrogens (tertiary/aromatic N) is 2. The van der Waals surface area contributed by atoms with Crippen molar-refractivity contribution in [1.82, 2.24) is 9.88 Å². The lowest BCUT2D eigenvalue weighted by molar-refractivity contribution is -0.147. The SMILES string of the molecule is COC(=O)C1CCCC(C2CN(Cc3ccc4cc(O[C@H]5CC[C@@H](C(C)C)CC5)ccc4n3)C2)C1. The van der Waals surface area contributed by atoms with Gasteiger partial charge >= 0.3 is 5.97 Å². The molecular weight excluding hydrogens is 436 g/mol. The van der Waals surface area contributed by atoms with Crippen molar-refractivity contribution in [3.8, 4) is 5.75 Å². The first-order valence-electron chi connectivity index (χ1n) is 13.8. The van der Waals surface area contributed by atoms with Crippen LogP contribution >= 0.6 is 0 Å². The zero-order valence-electron chi connectivity index (χ0n) is 21.7. The molecule has 0 N–H and O–H groups in total. The van der Waals surface area contributed by atoms with E-state index in [1.54, 1.807) is 0 Å². The molecule has 1 saturated heterocycles. The minimum atomic E-state index is -0.0155. The van der Waals surface area contributed by atoms with E-state index in [9.17, 15) is 4.79 Å². The van der Waals surface area contributed by atoms with Crippen molar-refractivity contribution in [3.05, 3.63) is 36.0 Å². The average Bonchev–Trinajstić information content (AvgIpc) is 2.86. The molecule has 0 bridgehead atoms. The summed E-state index contributed by atoms with van der Waals surface area (Å²) in [6.45, 7) is 7.81. The molecule has 2 aliphatic carbocycles. The van der Waals surface area contributed by atoms with Crippen LogP contribution in [-0.4, -0.2) is 42.2 Å². The monoisotopic (exact) mass is 478 g/mol. The number of hydrogen-bond donors (Lipinski definition) is 0. The van der Waals surface area contributed by atoms with E-state index < -0.39 is 0 Å². The first-order chi connectivity index (χ1) is 17.0. The molecule has 0 amide bonds. The summed E-state index contributed by atoms with van der Waals surface area (Å²) >= 11 is 0. The molecule has 3 aliphatic rings. The van der Waals surface area contributed by atoms with Gasteiger partial charge in [0.25, 0.3) is 0 Å². The predicted molar refractivity (Wildman–Crippen MR) is 139 cm³/mol. The largest absolute Gasteiger partial charge is 0.490 e. The maximum absolute atomic E-state index is 12.0. The number of ether oxygens (including phenoxy) is 2. The number of carbonyl (C=O) groups excluding carboxylic acids is 1. The number of rotatable bonds is 7. The maximum atomic E-state index is 12.0. The van der Waals surface area contributed by atoms with Gasteiger partial charge in [-0.3, -0.25) is 14.7 Å². The van der Waals surface area contributed by atoms with Gasteiger partial charge in [0, 0.05) is 25.0 Å². The number of pyridine rings is 1. The number of aromatic nitrogens is 1. The van der Waals surface area contributed by atoms with Gasteiger partial charge in [-0.05, 0) is 86.5 Å². The van der Waals surface area contributed by atoms with Gasteiger partial charge < -0.3 is 9.47 Å². The molecule has 5 nitrogen and oxygen atoms in total. The van der Waals surface area contributed by atoms with Gasteiger partial charge in [0.05, 0.1) is 30.3 Å². The Morgan fingerprint density at radius 2 is 1.83 bits per heavy atom. The summed E-state index contributed by atoms with van der Waals surface area (Å²) in [4.78, 5) is 19.4. The molecule has 1 aromatic heterocycles. The summed E-state index contributed by atoms with van der Waals surface area (Å²) in [5.74, 6) is 4.08. The zero-order chi connectivity index (χ0) is 24.4. The Labute approximate surface area is 210 Å². The van der Waals surface area contributed by atoms with Crippen molar-refractivity contribution in [2.24, 2.45) is 29.6 Å². The van der Waals surface area contributed by atoms with Gasteiger partial charge in [0.1, 0.15) is 5.75 Å². The summed E-state index contributed by atoms with van der Waals surface area (Å²) in [5, 5.41) is 1.15. The van der Waals surface area contributed by atoms with Crippen LogP contribution in [0.5, 0.6) is 5.75 Å². The van der Waals surface area contributed by atoms with Gasteiger partial charge in [-0.1, -0.05) is 32.8 Å². The van der Waals surface area contributed by atoms with Gasteiger partial charge in [-0.25, -0.2) is 0 Å². The molecular formula is C30H42N2O3. The topological polar surface area (TPSA) is 51.7 Å². The molecule has 1 aromatic carbocycles. The van der Waals surface area contributed by atoms with E-state index in [2.05, 4.69) is 49.1 Å². The van der Waals surface area contributed by atoms with Crippen molar-refractivity contribution in [2.45, 2.75) is 77.9 Å². The number of benzene rings is 1. The number of likely N-dealkylation sites (tertiary alicyclic amines) is 1. The van der Waals surface area contributed by atoms with Gasteiger partial charge in [0.15, 0.2) is 0 Å². The number of carbonyl (C=O) groups is 1. The van der Waals surface area contributed by atoms with Gasteiger partial charge in [0.2, 0.25) is 0 Å². The summed E-state index contributed by atoms with van der Waals surface area (Å²) < 4.78 is 11.3. The Bertz CT molecular complexity index is 1010. The minimum Gasteiger partial charge on any atom is -0.490 e. The molecule has 3 fully saturated rings. The van der Waals surface area contributed by atoms with Crippen LogP contribution in [0.4, 0.5) is 0 Å². The van der Waals surface area contributed by atoms with E-state index in [4.69, 9.17) is 14.5 Å². The summed E-state index contributed by atoms with van der Waals surface area (Å²) in [7, 11) is 1.51. The number of esters is 1. The smallest absolute Gasteiger partial charge is 0.308 e. The fraction of sp³-hybridized carbons (Fsp3) is 0.667. The van der Waals surface area contributed by atoms with Crippen molar-refractivity contribution in [2.75, 3.05) is 20.2 Å². The van der Waals surface area contributed by atoms with E-state index >= 15 is 0 Å². The molecule has 190 valence electrons. The lowest BCUT2D eigenvalue weighted by Gasteiger charge is -2.45. The van der Waals surface area contributed by atoms with Gasteiger partial charge in [-0.15, -0.1) is 0 Å². The third-order valence-corrected chi connectivity index (χ3v) is 8.97. The third kappa shape index (κ3) is 5.82. The van der Waals surface area contributed by atoms with Crippen LogP contribution in [0.2, 0.25) is 0 Å². The van der Waals surface area contributed by atoms with Crippen molar-refractivity contribution >= 4 is 16.9 Å². The Hall–Kier alpha value is -2.14. The zero-order valence-corrected chi connectivity index (χ0v) is 21.7. The lowest BCUT2D eigenvalue weighted by atomic mass is 9.72. The van der Waals surface area contributed by atoms with Crippen molar-refractivity contribution in [1.29, 1.82) is 0 Å². The molecule has 5 heteroatoms. The van der Waals surface area contributed by atoms with Crippen LogP contribution in [0.25, 0.3) is 10.9 Å². The standard InChI is InChI=1S/C30H42N2O3/c1-20(2)21-8-11-27(12-9-21)35-28-13-14-29-23(16-28)7-10-26(31-29)19-32-17-25(18-32)22-5-4-6-24(15-22)30(33)34-3/h7,10,13-14,16,20-22,24-25,27H,4-6,8-9,11-12,15,17-19H2,1-3H3/t21-,22?,24?,27+. The normalized spacial score (nSPS) is 28.1. The molecule has 2 unspecified atom stereocenters. The van der Waals surface area contributed by atoms with E-state index in [0.29, 0.717) is 17.9 Å². The van der Waals surface area contributed by atoms with Crippen LogP contribution in [0, 0.1) is 29.6 Å². The summed E-state index contributed by atoms with van der Waals surface area (Å²) in [5.41, 5.74) is 2.18. The highest BCUT2D eigenvalue weighted by molar-refractivity contribution is 5.80. The first-order valence-corrected chi connectivity index (χ1v) is 13.8. The third-order valence-electron chi connectivity index (χ3n) is 8.97. The Kier molecular flexibility index (Phi) is 7.62. The highest BCUT2D eigenvalue weighted by atomic mass is 16.5. The molecule has 0 spiro atoms. The lowest BCUT2D eigenvalue weighted by Crippen LogP contribution is -2.50. The van der Waals surface area contributed by atoms with E-state index in [1.807, 2.05) is 0 Å². The average molecular weight is 479 g/mol. The summed E-state index contributed by atoms with van der Waals surface area (Å²) in [6, 6.07) is 10.7. The molecule has 2 atom stereocenters. The molecule has 1 aliphatic heterocycles. The maximum Gasteiger partial charge on any atom is 0.308 e. The van der Waals surface area contributed by atoms with E-state index in [0.717, 1.165) is 73.1 Å². The fourth-order valence-electron chi connectivity index (χ4n) is 6.68. The van der Waals surface area contributed by atoms with Crippen LogP contribution in [0.1, 0.15) is 70.9 Å². The second-order valence-electron chi connectivity index (χ2n) is 11.7. The second kappa shape index (κ2) is 10.9. The highest BCUT2D eigenvalue weighted by Crippen LogP contribution is 2.39. The fourth-order valence-corrected chi connectivity index (χ4v) is 6.68. The quantitative estimate of drug-likeness (QED) is 0.441. The van der Waals surface area contributed by atoms with Crippen molar-refractivity contribution < 1.29 is 14.3 Å². The predicted octanol–water partition coefficient (Wildman–Crippen LogP) is 6.24. The molecule has 0 radical (unpaired) electrons. The highest BCUT2D eigenvalue weighted by Gasteiger charge is 2.38. The summed E-state index contributed by atoms with van der Waals surface area (Å²) in [6.07, 6.45) is 9.65. The van der Waals surface area contributed by atoms with Crippen LogP contribution in [-0.2, 0) is 16.1 Å². The number of methoxy groups -OCH3 is 1. The van der Waals surface area contributed by atoms with Crippen LogP contribution in [0.15, 0.2) is 30.3 Å². The minimum absolute atomic E-state index is 0.0155. The molecule has 5 rings (SSSR count). The molecule has 2 aromatic rings. The van der Waals surface area contributed by atoms with Crippen molar-refractivity contribution in [3.63, 3.8) is 0 Å². The van der Waals surface area contributed by atoms with E-state index in [1.165, 1.54) is 39.2 Å². The molecule has 2 saturated carbocycles. The van der Waals surface area contributed by atoms with Gasteiger partial charge in [-0.2, -0.15) is 0 Å². The van der Waals surface area contributed by atoms with Crippen LogP contribution < -0.4 is 4.74 Å². The van der Waals surface area contributed by atoms with Crippen LogP contribution in [0.3, 0.4) is 0 Å². The Morgan fingerprint density at radius 1 is 1.03 bits per heavy atom. The Morgan fingerprint density at radius 3 is 2.57 bits per heavy atom. The second-order valence-corrected chi connectivity index (χ2v) is 11.7. The Balaban J connectivity index is 1.12. The molecule has 2 heterocycles. The molecule has 35 heavy (non-hydrogen) atoms.